The van der Waals surface area contributed by atoms with Crippen molar-refractivity contribution in [2.24, 2.45) is 0 Å². The molecule has 10 heteroatoms. The molecule has 0 saturated heterocycles. The van der Waals surface area contributed by atoms with Crippen LogP contribution in [0.5, 0.6) is 0 Å². The van der Waals surface area contributed by atoms with Gasteiger partial charge in [-0.15, -0.1) is 0 Å². The van der Waals surface area contributed by atoms with Crippen LogP contribution < -0.4 is 10.9 Å². The molecule has 1 N–H and O–H groups in total. The van der Waals surface area contributed by atoms with Crippen molar-refractivity contribution in [3.05, 3.63) is 45.5 Å². The molecule has 0 unspecified atom stereocenters. The lowest BCUT2D eigenvalue weighted by Gasteiger charge is -2.40. The molecule has 0 aliphatic heterocycles. The Hall–Kier alpha value is -1.74. The van der Waals surface area contributed by atoms with Crippen LogP contribution in [-0.4, -0.2) is 32.3 Å². The Kier molecular flexibility index (Phi) is 5.21. The second-order valence-corrected chi connectivity index (χ2v) is 7.74. The van der Waals surface area contributed by atoms with Gasteiger partial charge in [-0.1, -0.05) is 18.0 Å². The quantitative estimate of drug-likeness (QED) is 0.816. The summed E-state index contributed by atoms with van der Waals surface area (Å²) in [7, 11) is 0. The molecular formula is C16H16ClF3N4OS. The number of nitrogens with zero attached hydrogens (tertiary/aromatic N) is 3. The van der Waals surface area contributed by atoms with Crippen molar-refractivity contribution in [1.29, 1.82) is 0 Å². The SMILES string of the molecule is CSC1(CNc2cnn(-c3ccc(C(F)(F)F)cn3)c(=O)c2Cl)CCC1. The zero-order valence-corrected chi connectivity index (χ0v) is 15.4. The van der Waals surface area contributed by atoms with Crippen molar-refractivity contribution in [3.63, 3.8) is 0 Å². The van der Waals surface area contributed by atoms with E-state index in [1.807, 2.05) is 0 Å². The van der Waals surface area contributed by atoms with Crippen molar-refractivity contribution in [2.75, 3.05) is 18.1 Å². The minimum absolute atomic E-state index is 0.0315. The van der Waals surface area contributed by atoms with Gasteiger partial charge in [0.25, 0.3) is 5.56 Å². The number of nitrogens with one attached hydrogen (secondary N) is 1. The van der Waals surface area contributed by atoms with Crippen LogP contribution in [0.25, 0.3) is 5.82 Å². The minimum Gasteiger partial charge on any atom is -0.381 e. The van der Waals surface area contributed by atoms with Crippen LogP contribution in [0.15, 0.2) is 29.3 Å². The highest BCUT2D eigenvalue weighted by Crippen LogP contribution is 2.42. The molecule has 140 valence electrons. The van der Waals surface area contributed by atoms with E-state index >= 15 is 0 Å². The van der Waals surface area contributed by atoms with Crippen molar-refractivity contribution in [1.82, 2.24) is 14.8 Å². The lowest BCUT2D eigenvalue weighted by atomic mass is 9.84. The van der Waals surface area contributed by atoms with Gasteiger partial charge in [0.1, 0.15) is 5.02 Å². The summed E-state index contributed by atoms with van der Waals surface area (Å²) in [6.07, 6.45) is 2.96. The Morgan fingerprint density at radius 2 is 2.08 bits per heavy atom. The van der Waals surface area contributed by atoms with Gasteiger partial charge in [0.05, 0.1) is 17.4 Å². The maximum absolute atomic E-state index is 12.6. The van der Waals surface area contributed by atoms with E-state index in [4.69, 9.17) is 11.6 Å². The molecule has 26 heavy (non-hydrogen) atoms. The molecular weight excluding hydrogens is 389 g/mol. The Bertz CT molecular complexity index is 845. The highest BCUT2D eigenvalue weighted by atomic mass is 35.5. The number of pyridine rings is 1. The van der Waals surface area contributed by atoms with Gasteiger partial charge in [-0.3, -0.25) is 4.79 Å². The van der Waals surface area contributed by atoms with E-state index in [1.54, 1.807) is 11.8 Å². The van der Waals surface area contributed by atoms with E-state index < -0.39 is 17.3 Å². The standard InChI is InChI=1S/C16H16ClF3N4OS/c1-26-15(5-2-6-15)9-22-11-8-23-24(14(25)13(11)17)12-4-3-10(7-21-12)16(18,19)20/h3-4,7-8,22H,2,5-6,9H2,1H3. The first-order valence-electron chi connectivity index (χ1n) is 7.86. The average Bonchev–Trinajstić information content (AvgIpc) is 2.57. The van der Waals surface area contributed by atoms with Crippen LogP contribution in [0.3, 0.4) is 0 Å². The predicted molar refractivity (Wildman–Crippen MR) is 96.2 cm³/mol. The second-order valence-electron chi connectivity index (χ2n) is 6.09. The van der Waals surface area contributed by atoms with E-state index in [1.165, 1.54) is 12.6 Å². The molecule has 0 spiro atoms. The van der Waals surface area contributed by atoms with Gasteiger partial charge in [0.2, 0.25) is 0 Å². The van der Waals surface area contributed by atoms with Crippen LogP contribution in [-0.2, 0) is 6.18 Å². The normalized spacial score (nSPS) is 16.2. The number of alkyl halides is 3. The molecule has 2 aromatic rings. The molecule has 2 heterocycles. The predicted octanol–water partition coefficient (Wildman–Crippen LogP) is 4.00. The van der Waals surface area contributed by atoms with E-state index in [9.17, 15) is 18.0 Å². The summed E-state index contributed by atoms with van der Waals surface area (Å²) < 4.78 is 38.8. The van der Waals surface area contributed by atoms with Crippen molar-refractivity contribution < 1.29 is 13.2 Å². The summed E-state index contributed by atoms with van der Waals surface area (Å²) in [5.74, 6) is -0.0315. The largest absolute Gasteiger partial charge is 0.417 e. The highest BCUT2D eigenvalue weighted by Gasteiger charge is 2.36. The lowest BCUT2D eigenvalue weighted by molar-refractivity contribution is -0.137. The van der Waals surface area contributed by atoms with Gasteiger partial charge in [-0.05, 0) is 31.2 Å². The second kappa shape index (κ2) is 7.11. The maximum Gasteiger partial charge on any atom is 0.417 e. The summed E-state index contributed by atoms with van der Waals surface area (Å²) in [5.41, 5.74) is -1.14. The fourth-order valence-corrected chi connectivity index (χ4v) is 3.79. The Morgan fingerprint density at radius 3 is 2.58 bits per heavy atom. The maximum atomic E-state index is 12.6. The number of rotatable bonds is 5. The van der Waals surface area contributed by atoms with E-state index in [-0.39, 0.29) is 15.6 Å². The minimum atomic E-state index is -4.50. The van der Waals surface area contributed by atoms with Crippen molar-refractivity contribution in [3.8, 4) is 5.82 Å². The van der Waals surface area contributed by atoms with Crippen LogP contribution in [0.2, 0.25) is 5.02 Å². The topological polar surface area (TPSA) is 59.8 Å². The summed E-state index contributed by atoms with van der Waals surface area (Å²) in [6.45, 7) is 0.664. The molecule has 2 aromatic heterocycles. The molecule has 0 aromatic carbocycles. The number of halogens is 4. The van der Waals surface area contributed by atoms with Gasteiger partial charge in [0.15, 0.2) is 5.82 Å². The first kappa shape index (κ1) is 19.0. The number of hydrogen-bond acceptors (Lipinski definition) is 5. The first-order valence-corrected chi connectivity index (χ1v) is 9.46. The van der Waals surface area contributed by atoms with E-state index in [0.717, 1.165) is 29.7 Å². The number of anilines is 1. The molecule has 0 bridgehead atoms. The third kappa shape index (κ3) is 3.68. The van der Waals surface area contributed by atoms with Gasteiger partial charge >= 0.3 is 6.18 Å². The Balaban J connectivity index is 1.82. The monoisotopic (exact) mass is 404 g/mol. The van der Waals surface area contributed by atoms with E-state index in [2.05, 4.69) is 21.7 Å². The summed E-state index contributed by atoms with van der Waals surface area (Å²) >= 11 is 7.92. The Labute approximate surface area is 157 Å². The zero-order chi connectivity index (χ0) is 18.9. The molecule has 0 amide bonds. The number of aromatic nitrogens is 3. The van der Waals surface area contributed by atoms with Crippen LogP contribution >= 0.6 is 23.4 Å². The van der Waals surface area contributed by atoms with E-state index in [0.29, 0.717) is 18.4 Å². The van der Waals surface area contributed by atoms with Crippen molar-refractivity contribution >= 4 is 29.1 Å². The van der Waals surface area contributed by atoms with Crippen molar-refractivity contribution in [2.45, 2.75) is 30.2 Å². The number of hydrogen-bond donors (Lipinski definition) is 1. The summed E-state index contributed by atoms with van der Waals surface area (Å²) in [6, 6.07) is 1.92. The molecule has 1 fully saturated rings. The summed E-state index contributed by atoms with van der Waals surface area (Å²) in [4.78, 5) is 16.1. The fraction of sp³-hybridized carbons (Fsp3) is 0.438. The number of thioether (sulfide) groups is 1. The first-order chi connectivity index (χ1) is 12.3. The van der Waals surface area contributed by atoms with Gasteiger partial charge in [-0.2, -0.15) is 34.7 Å². The van der Waals surface area contributed by atoms with Crippen LogP contribution in [0.4, 0.5) is 18.9 Å². The zero-order valence-electron chi connectivity index (χ0n) is 13.8. The van der Waals surface area contributed by atoms with Gasteiger partial charge < -0.3 is 5.32 Å². The lowest BCUT2D eigenvalue weighted by Crippen LogP contribution is -2.40. The van der Waals surface area contributed by atoms with Crippen LogP contribution in [0.1, 0.15) is 24.8 Å². The molecule has 1 aliphatic rings. The third-order valence-electron chi connectivity index (χ3n) is 4.51. The smallest absolute Gasteiger partial charge is 0.381 e. The molecule has 3 rings (SSSR count). The third-order valence-corrected chi connectivity index (χ3v) is 6.29. The fourth-order valence-electron chi connectivity index (χ4n) is 2.68. The molecule has 0 radical (unpaired) electrons. The van der Waals surface area contributed by atoms with Gasteiger partial charge in [0, 0.05) is 17.5 Å². The average molecular weight is 405 g/mol. The molecule has 0 atom stereocenters. The molecule has 1 saturated carbocycles. The molecule has 5 nitrogen and oxygen atoms in total. The molecule has 1 aliphatic carbocycles. The Morgan fingerprint density at radius 1 is 1.35 bits per heavy atom. The van der Waals surface area contributed by atoms with Crippen LogP contribution in [0, 0.1) is 0 Å². The highest BCUT2D eigenvalue weighted by molar-refractivity contribution is 8.00. The summed E-state index contributed by atoms with van der Waals surface area (Å²) in [5, 5.41) is 7.06. The van der Waals surface area contributed by atoms with Gasteiger partial charge in [-0.25, -0.2) is 4.98 Å².